The largest absolute Gasteiger partial charge is 0.340 e. The van der Waals surface area contributed by atoms with Crippen LogP contribution in [0.1, 0.15) is 18.1 Å². The quantitative estimate of drug-likeness (QED) is 0.806. The molecule has 0 aliphatic carbocycles. The Morgan fingerprint density at radius 3 is 2.08 bits per heavy atom. The second kappa shape index (κ2) is 8.50. The van der Waals surface area contributed by atoms with Crippen LogP contribution < -0.4 is 0 Å². The second-order valence-electron chi connectivity index (χ2n) is 5.74. The van der Waals surface area contributed by atoms with Gasteiger partial charge in [0.15, 0.2) is 0 Å². The van der Waals surface area contributed by atoms with E-state index in [2.05, 4.69) is 0 Å². The molecule has 0 bridgehead atoms. The molecule has 0 aromatic heterocycles. The molecule has 2 rings (SSSR count). The van der Waals surface area contributed by atoms with Gasteiger partial charge in [0, 0.05) is 32.1 Å². The summed E-state index contributed by atoms with van der Waals surface area (Å²) in [6.07, 6.45) is 0. The Bertz CT molecular complexity index is 686. The SMILES string of the molecule is CC(=O)N(CC(=O)N(C)Cc1ccccc1)Cc1ccc(Cl)cc1. The highest BCUT2D eigenvalue weighted by Crippen LogP contribution is 2.12. The number of hydrogen-bond acceptors (Lipinski definition) is 2. The Morgan fingerprint density at radius 2 is 1.50 bits per heavy atom. The maximum absolute atomic E-state index is 12.4. The van der Waals surface area contributed by atoms with Crippen molar-refractivity contribution >= 4 is 23.4 Å². The maximum atomic E-state index is 12.4. The van der Waals surface area contributed by atoms with E-state index < -0.39 is 0 Å². The molecule has 0 N–H and O–H groups in total. The number of amides is 2. The number of carbonyl (C=O) groups is 2. The zero-order chi connectivity index (χ0) is 17.5. The Labute approximate surface area is 147 Å². The van der Waals surface area contributed by atoms with Crippen molar-refractivity contribution in [3.05, 3.63) is 70.7 Å². The molecule has 0 aliphatic heterocycles. The minimum atomic E-state index is -0.133. The van der Waals surface area contributed by atoms with Crippen molar-refractivity contribution in [2.24, 2.45) is 0 Å². The first-order valence-electron chi connectivity index (χ1n) is 7.73. The van der Waals surface area contributed by atoms with Gasteiger partial charge >= 0.3 is 0 Å². The van der Waals surface area contributed by atoms with Gasteiger partial charge in [-0.15, -0.1) is 0 Å². The fraction of sp³-hybridized carbons (Fsp3) is 0.263. The van der Waals surface area contributed by atoms with Gasteiger partial charge in [-0.05, 0) is 23.3 Å². The van der Waals surface area contributed by atoms with Crippen molar-refractivity contribution in [3.8, 4) is 0 Å². The van der Waals surface area contributed by atoms with Crippen LogP contribution in [0.2, 0.25) is 5.02 Å². The predicted molar refractivity (Wildman–Crippen MR) is 95.5 cm³/mol. The van der Waals surface area contributed by atoms with Crippen LogP contribution in [0.5, 0.6) is 0 Å². The summed E-state index contributed by atoms with van der Waals surface area (Å²) in [6.45, 7) is 2.44. The Kier molecular flexibility index (Phi) is 6.38. The number of halogens is 1. The lowest BCUT2D eigenvalue weighted by atomic mass is 10.2. The molecule has 0 radical (unpaired) electrons. The van der Waals surface area contributed by atoms with E-state index in [1.54, 1.807) is 24.1 Å². The van der Waals surface area contributed by atoms with E-state index in [0.717, 1.165) is 11.1 Å². The van der Waals surface area contributed by atoms with Crippen LogP contribution in [-0.2, 0) is 22.7 Å². The van der Waals surface area contributed by atoms with Gasteiger partial charge in [-0.2, -0.15) is 0 Å². The lowest BCUT2D eigenvalue weighted by molar-refractivity contribution is -0.139. The van der Waals surface area contributed by atoms with E-state index in [1.165, 1.54) is 11.8 Å². The zero-order valence-corrected chi connectivity index (χ0v) is 14.7. The number of nitrogens with zero attached hydrogens (tertiary/aromatic N) is 2. The highest BCUT2D eigenvalue weighted by Gasteiger charge is 2.17. The number of rotatable bonds is 6. The number of carbonyl (C=O) groups excluding carboxylic acids is 2. The molecule has 0 fully saturated rings. The first-order valence-corrected chi connectivity index (χ1v) is 8.11. The summed E-state index contributed by atoms with van der Waals surface area (Å²) < 4.78 is 0. The molecule has 0 saturated heterocycles. The maximum Gasteiger partial charge on any atom is 0.242 e. The van der Waals surface area contributed by atoms with Crippen molar-refractivity contribution in [1.82, 2.24) is 9.80 Å². The zero-order valence-electron chi connectivity index (χ0n) is 13.9. The van der Waals surface area contributed by atoms with Gasteiger partial charge < -0.3 is 9.80 Å². The molecule has 0 spiro atoms. The summed E-state index contributed by atoms with van der Waals surface area (Å²) in [5.41, 5.74) is 1.99. The summed E-state index contributed by atoms with van der Waals surface area (Å²) in [5.74, 6) is -0.227. The van der Waals surface area contributed by atoms with Crippen molar-refractivity contribution in [2.45, 2.75) is 20.0 Å². The molecule has 0 saturated carbocycles. The fourth-order valence-electron chi connectivity index (χ4n) is 2.32. The first kappa shape index (κ1) is 18.0. The summed E-state index contributed by atoms with van der Waals surface area (Å²) in [6, 6.07) is 17.0. The van der Waals surface area contributed by atoms with Crippen molar-refractivity contribution in [2.75, 3.05) is 13.6 Å². The van der Waals surface area contributed by atoms with Gasteiger partial charge in [-0.3, -0.25) is 9.59 Å². The molecule has 126 valence electrons. The standard InChI is InChI=1S/C19H21ClN2O2/c1-15(23)22(13-17-8-10-18(20)11-9-17)14-19(24)21(2)12-16-6-4-3-5-7-16/h3-11H,12-14H2,1-2H3. The normalized spacial score (nSPS) is 10.3. The van der Waals surface area contributed by atoms with Gasteiger partial charge in [-0.25, -0.2) is 0 Å². The summed E-state index contributed by atoms with van der Waals surface area (Å²) in [5, 5.41) is 0.645. The van der Waals surface area contributed by atoms with E-state index in [4.69, 9.17) is 11.6 Å². The summed E-state index contributed by atoms with van der Waals surface area (Å²) in [4.78, 5) is 27.4. The van der Waals surface area contributed by atoms with E-state index in [9.17, 15) is 9.59 Å². The van der Waals surface area contributed by atoms with Crippen LogP contribution in [0.15, 0.2) is 54.6 Å². The minimum Gasteiger partial charge on any atom is -0.340 e. The molecule has 2 aromatic rings. The molecule has 24 heavy (non-hydrogen) atoms. The van der Waals surface area contributed by atoms with E-state index in [0.29, 0.717) is 18.1 Å². The van der Waals surface area contributed by atoms with Crippen LogP contribution >= 0.6 is 11.6 Å². The van der Waals surface area contributed by atoms with Crippen LogP contribution in [0.3, 0.4) is 0 Å². The molecule has 0 aliphatic rings. The molecule has 2 aromatic carbocycles. The van der Waals surface area contributed by atoms with Crippen molar-refractivity contribution in [3.63, 3.8) is 0 Å². The molecule has 5 heteroatoms. The predicted octanol–water partition coefficient (Wildman–Crippen LogP) is 3.35. The topological polar surface area (TPSA) is 40.6 Å². The lowest BCUT2D eigenvalue weighted by Crippen LogP contribution is -2.40. The van der Waals surface area contributed by atoms with Crippen molar-refractivity contribution in [1.29, 1.82) is 0 Å². The smallest absolute Gasteiger partial charge is 0.242 e. The van der Waals surface area contributed by atoms with E-state index >= 15 is 0 Å². The molecular weight excluding hydrogens is 324 g/mol. The monoisotopic (exact) mass is 344 g/mol. The van der Waals surface area contributed by atoms with Crippen LogP contribution in [0.4, 0.5) is 0 Å². The third kappa shape index (κ3) is 5.39. The van der Waals surface area contributed by atoms with Gasteiger partial charge in [0.25, 0.3) is 0 Å². The molecular formula is C19H21ClN2O2. The van der Waals surface area contributed by atoms with E-state index in [1.807, 2.05) is 42.5 Å². The van der Waals surface area contributed by atoms with Gasteiger partial charge in [0.05, 0.1) is 0 Å². The average molecular weight is 345 g/mol. The van der Waals surface area contributed by atoms with Gasteiger partial charge in [-0.1, -0.05) is 54.1 Å². The minimum absolute atomic E-state index is 0.0568. The lowest BCUT2D eigenvalue weighted by Gasteiger charge is -2.24. The van der Waals surface area contributed by atoms with Crippen LogP contribution in [0.25, 0.3) is 0 Å². The molecule has 0 atom stereocenters. The number of benzene rings is 2. The average Bonchev–Trinajstić information content (AvgIpc) is 2.56. The number of likely N-dealkylation sites (N-methyl/N-ethyl adjacent to an activating group) is 1. The Hall–Kier alpha value is -2.33. The number of hydrogen-bond donors (Lipinski definition) is 0. The summed E-state index contributed by atoms with van der Waals surface area (Å²) in [7, 11) is 1.75. The molecule has 4 nitrogen and oxygen atoms in total. The van der Waals surface area contributed by atoms with Crippen molar-refractivity contribution < 1.29 is 9.59 Å². The van der Waals surface area contributed by atoms with Gasteiger partial charge in [0.2, 0.25) is 11.8 Å². The Morgan fingerprint density at radius 1 is 0.917 bits per heavy atom. The van der Waals surface area contributed by atoms with E-state index in [-0.39, 0.29) is 18.4 Å². The second-order valence-corrected chi connectivity index (χ2v) is 6.17. The Balaban J connectivity index is 1.97. The van der Waals surface area contributed by atoms with Gasteiger partial charge in [0.1, 0.15) is 6.54 Å². The third-order valence-electron chi connectivity index (χ3n) is 3.75. The molecule has 2 amide bonds. The summed E-state index contributed by atoms with van der Waals surface area (Å²) >= 11 is 5.87. The first-order chi connectivity index (χ1) is 11.5. The fourth-order valence-corrected chi connectivity index (χ4v) is 2.44. The highest BCUT2D eigenvalue weighted by atomic mass is 35.5. The molecule has 0 heterocycles. The van der Waals surface area contributed by atoms with Crippen LogP contribution in [-0.4, -0.2) is 35.2 Å². The third-order valence-corrected chi connectivity index (χ3v) is 4.00. The molecule has 0 unspecified atom stereocenters. The van der Waals surface area contributed by atoms with Crippen LogP contribution in [0, 0.1) is 0 Å². The highest BCUT2D eigenvalue weighted by molar-refractivity contribution is 6.30.